The molecule has 0 saturated heterocycles. The number of aromatic nitrogens is 1. The van der Waals surface area contributed by atoms with Gasteiger partial charge in [-0.05, 0) is 44.6 Å². The van der Waals surface area contributed by atoms with Gasteiger partial charge in [-0.1, -0.05) is 35.5 Å². The maximum Gasteiger partial charge on any atom is 0.343 e. The molecule has 3 aromatic rings. The van der Waals surface area contributed by atoms with Crippen LogP contribution in [0.4, 0.5) is 0 Å². The first kappa shape index (κ1) is 17.6. The summed E-state index contributed by atoms with van der Waals surface area (Å²) in [5, 5.41) is 14.6. The van der Waals surface area contributed by atoms with Crippen LogP contribution in [0.5, 0.6) is 5.75 Å². The van der Waals surface area contributed by atoms with Crippen molar-refractivity contribution in [3.05, 3.63) is 80.7 Å². The van der Waals surface area contributed by atoms with E-state index in [1.54, 1.807) is 6.07 Å². The van der Waals surface area contributed by atoms with Crippen LogP contribution in [0, 0.1) is 19.8 Å². The second-order valence-corrected chi connectivity index (χ2v) is 7.33. The quantitative estimate of drug-likeness (QED) is 0.706. The largest absolute Gasteiger partial charge is 0.507 e. The van der Waals surface area contributed by atoms with Gasteiger partial charge in [0.15, 0.2) is 0 Å². The highest BCUT2D eigenvalue weighted by molar-refractivity contribution is 5.41. The van der Waals surface area contributed by atoms with Crippen molar-refractivity contribution >= 4 is 0 Å². The summed E-state index contributed by atoms with van der Waals surface area (Å²) >= 11 is 0. The van der Waals surface area contributed by atoms with E-state index >= 15 is 0 Å². The van der Waals surface area contributed by atoms with Gasteiger partial charge in [-0.2, -0.15) is 0 Å². The summed E-state index contributed by atoms with van der Waals surface area (Å²) < 4.78 is 10.8. The van der Waals surface area contributed by atoms with Crippen LogP contribution in [0.3, 0.4) is 0 Å². The van der Waals surface area contributed by atoms with Gasteiger partial charge in [0, 0.05) is 24.0 Å². The van der Waals surface area contributed by atoms with Gasteiger partial charge in [-0.15, -0.1) is 0 Å². The SMILES string of the molecule is Cc1noc(C)c1CCc1cc(O)c(C(c2ccccc2)C2CC2)c(=O)o1. The summed E-state index contributed by atoms with van der Waals surface area (Å²) in [5.74, 6) is 1.55. The van der Waals surface area contributed by atoms with Crippen LogP contribution in [-0.2, 0) is 12.8 Å². The maximum atomic E-state index is 12.7. The molecule has 5 nitrogen and oxygen atoms in total. The normalized spacial score (nSPS) is 15.0. The van der Waals surface area contributed by atoms with E-state index in [9.17, 15) is 9.90 Å². The summed E-state index contributed by atoms with van der Waals surface area (Å²) in [6, 6.07) is 11.5. The molecule has 1 saturated carbocycles. The Bertz CT molecular complexity index is 979. The van der Waals surface area contributed by atoms with Crippen molar-refractivity contribution in [3.63, 3.8) is 0 Å². The number of nitrogens with zero attached hydrogens (tertiary/aromatic N) is 1. The molecule has 1 N–H and O–H groups in total. The minimum absolute atomic E-state index is 0.0285. The van der Waals surface area contributed by atoms with E-state index in [1.165, 1.54) is 0 Å². The maximum absolute atomic E-state index is 12.7. The van der Waals surface area contributed by atoms with Crippen LogP contribution in [0.2, 0.25) is 0 Å². The molecule has 0 bridgehead atoms. The van der Waals surface area contributed by atoms with Crippen LogP contribution in [0.1, 0.15) is 52.7 Å². The Morgan fingerprint density at radius 2 is 1.93 bits per heavy atom. The molecule has 1 unspecified atom stereocenters. The lowest BCUT2D eigenvalue weighted by atomic mass is 9.87. The Hall–Kier alpha value is -2.82. The molecule has 0 radical (unpaired) electrons. The summed E-state index contributed by atoms with van der Waals surface area (Å²) in [6.45, 7) is 3.76. The number of aromatic hydroxyl groups is 1. The van der Waals surface area contributed by atoms with Crippen molar-refractivity contribution in [2.24, 2.45) is 5.92 Å². The van der Waals surface area contributed by atoms with Gasteiger partial charge in [0.1, 0.15) is 17.3 Å². The second kappa shape index (κ2) is 7.06. The molecule has 0 aliphatic heterocycles. The molecule has 1 aliphatic rings. The smallest absolute Gasteiger partial charge is 0.343 e. The van der Waals surface area contributed by atoms with Crippen molar-refractivity contribution < 1.29 is 14.0 Å². The number of hydrogen-bond donors (Lipinski definition) is 1. The van der Waals surface area contributed by atoms with Crippen LogP contribution in [0.15, 0.2) is 50.1 Å². The number of benzene rings is 1. The van der Waals surface area contributed by atoms with Crippen molar-refractivity contribution in [1.29, 1.82) is 0 Å². The van der Waals surface area contributed by atoms with Gasteiger partial charge in [0.05, 0.1) is 11.3 Å². The molecule has 2 heterocycles. The van der Waals surface area contributed by atoms with E-state index in [1.807, 2.05) is 44.2 Å². The minimum atomic E-state index is -0.440. The van der Waals surface area contributed by atoms with Gasteiger partial charge in [-0.3, -0.25) is 0 Å². The zero-order chi connectivity index (χ0) is 19.0. The van der Waals surface area contributed by atoms with E-state index in [2.05, 4.69) is 5.16 Å². The Labute approximate surface area is 157 Å². The first-order chi connectivity index (χ1) is 13.0. The minimum Gasteiger partial charge on any atom is -0.507 e. The highest BCUT2D eigenvalue weighted by Crippen LogP contribution is 2.47. The van der Waals surface area contributed by atoms with Gasteiger partial charge < -0.3 is 14.0 Å². The lowest BCUT2D eigenvalue weighted by Gasteiger charge is -2.17. The standard InChI is InChI=1S/C22H23NO4/c1-13-18(14(2)27-23-13)11-10-17-12-19(24)21(22(25)26-17)20(16-8-9-16)15-6-4-3-5-7-15/h3-7,12,16,20,24H,8-11H2,1-2H3. The number of rotatable bonds is 6. The lowest BCUT2D eigenvalue weighted by molar-refractivity contribution is 0.391. The zero-order valence-corrected chi connectivity index (χ0v) is 15.6. The average Bonchev–Trinajstić information content (AvgIpc) is 3.43. The monoisotopic (exact) mass is 365 g/mol. The predicted molar refractivity (Wildman–Crippen MR) is 101 cm³/mol. The van der Waals surface area contributed by atoms with Gasteiger partial charge >= 0.3 is 5.63 Å². The fourth-order valence-electron chi connectivity index (χ4n) is 3.82. The average molecular weight is 365 g/mol. The Morgan fingerprint density at radius 3 is 2.52 bits per heavy atom. The molecule has 0 amide bonds. The molecule has 1 atom stereocenters. The lowest BCUT2D eigenvalue weighted by Crippen LogP contribution is -2.16. The third-order valence-electron chi connectivity index (χ3n) is 5.38. The third-order valence-corrected chi connectivity index (χ3v) is 5.38. The molecule has 1 aliphatic carbocycles. The fourth-order valence-corrected chi connectivity index (χ4v) is 3.82. The predicted octanol–water partition coefficient (Wildman–Crippen LogP) is 4.28. The summed E-state index contributed by atoms with van der Waals surface area (Å²) in [4.78, 5) is 12.7. The van der Waals surface area contributed by atoms with Crippen molar-refractivity contribution in [3.8, 4) is 5.75 Å². The van der Waals surface area contributed by atoms with Crippen LogP contribution < -0.4 is 5.63 Å². The topological polar surface area (TPSA) is 76.5 Å². The molecule has 27 heavy (non-hydrogen) atoms. The highest BCUT2D eigenvalue weighted by atomic mass is 16.5. The molecule has 0 spiro atoms. The fraction of sp³-hybridized carbons (Fsp3) is 0.364. The van der Waals surface area contributed by atoms with E-state index < -0.39 is 5.63 Å². The van der Waals surface area contributed by atoms with Crippen LogP contribution >= 0.6 is 0 Å². The molecule has 1 fully saturated rings. The number of aryl methyl sites for hydroxylation is 3. The molecular weight excluding hydrogens is 342 g/mol. The van der Waals surface area contributed by atoms with E-state index in [0.29, 0.717) is 30.1 Å². The zero-order valence-electron chi connectivity index (χ0n) is 15.6. The highest BCUT2D eigenvalue weighted by Gasteiger charge is 2.37. The molecule has 5 heteroatoms. The molecule has 2 aromatic heterocycles. The van der Waals surface area contributed by atoms with Gasteiger partial charge in [0.2, 0.25) is 0 Å². The molecule has 1 aromatic carbocycles. The van der Waals surface area contributed by atoms with E-state index in [0.717, 1.165) is 35.4 Å². The molecule has 4 rings (SSSR count). The second-order valence-electron chi connectivity index (χ2n) is 7.33. The van der Waals surface area contributed by atoms with Crippen LogP contribution in [0.25, 0.3) is 0 Å². The number of hydrogen-bond acceptors (Lipinski definition) is 5. The Morgan fingerprint density at radius 1 is 1.19 bits per heavy atom. The summed E-state index contributed by atoms with van der Waals surface area (Å²) in [7, 11) is 0. The van der Waals surface area contributed by atoms with Crippen molar-refractivity contribution in [2.45, 2.75) is 45.4 Å². The third kappa shape index (κ3) is 3.54. The van der Waals surface area contributed by atoms with E-state index in [4.69, 9.17) is 8.94 Å². The first-order valence-electron chi connectivity index (χ1n) is 9.37. The van der Waals surface area contributed by atoms with Gasteiger partial charge in [-0.25, -0.2) is 4.79 Å². The van der Waals surface area contributed by atoms with Crippen molar-refractivity contribution in [1.82, 2.24) is 5.16 Å². The van der Waals surface area contributed by atoms with E-state index in [-0.39, 0.29) is 11.7 Å². The first-order valence-corrected chi connectivity index (χ1v) is 9.37. The summed E-state index contributed by atoms with van der Waals surface area (Å²) in [5.41, 5.74) is 2.84. The Balaban J connectivity index is 1.63. The molecule has 140 valence electrons. The van der Waals surface area contributed by atoms with Crippen LogP contribution in [-0.4, -0.2) is 10.3 Å². The van der Waals surface area contributed by atoms with Crippen molar-refractivity contribution in [2.75, 3.05) is 0 Å². The summed E-state index contributed by atoms with van der Waals surface area (Å²) in [6.07, 6.45) is 3.28. The molecular formula is C22H23NO4. The Kier molecular flexibility index (Phi) is 4.60. The van der Waals surface area contributed by atoms with Gasteiger partial charge in [0.25, 0.3) is 0 Å².